The molecule has 1 aromatic carbocycles. The highest BCUT2D eigenvalue weighted by atomic mass is 16.7. The van der Waals surface area contributed by atoms with Gasteiger partial charge < -0.3 is 19.9 Å². The van der Waals surface area contributed by atoms with Crippen LogP contribution in [0, 0.1) is 13.8 Å². The summed E-state index contributed by atoms with van der Waals surface area (Å²) in [4.78, 5) is 12.6. The molecule has 0 aromatic heterocycles. The van der Waals surface area contributed by atoms with Crippen molar-refractivity contribution in [3.05, 3.63) is 40.6 Å². The molecule has 0 radical (unpaired) electrons. The van der Waals surface area contributed by atoms with Gasteiger partial charge in [-0.25, -0.2) is 0 Å². The van der Waals surface area contributed by atoms with Gasteiger partial charge in [0.15, 0.2) is 5.79 Å². The van der Waals surface area contributed by atoms with Gasteiger partial charge in [0, 0.05) is 12.8 Å². The fraction of sp³-hybridized carbons (Fsp3) is 0.526. The quantitative estimate of drug-likeness (QED) is 0.831. The highest BCUT2D eigenvalue weighted by molar-refractivity contribution is 6.23. The van der Waals surface area contributed by atoms with Crippen molar-refractivity contribution in [2.24, 2.45) is 0 Å². The summed E-state index contributed by atoms with van der Waals surface area (Å²) in [5, 5.41) is 14.0. The number of hydrogen-bond acceptors (Lipinski definition) is 4. The zero-order valence-corrected chi connectivity index (χ0v) is 14.1. The van der Waals surface area contributed by atoms with Crippen LogP contribution in [0.3, 0.4) is 0 Å². The van der Waals surface area contributed by atoms with Crippen LogP contribution in [0.4, 0.5) is 0 Å². The lowest BCUT2D eigenvalue weighted by molar-refractivity contribution is -0.185. The number of carbonyl (C=O) groups excluding carboxylic acids is 1. The van der Waals surface area contributed by atoms with Crippen molar-refractivity contribution in [2.45, 2.75) is 50.9 Å². The van der Waals surface area contributed by atoms with Crippen LogP contribution in [0.25, 0.3) is 5.57 Å². The smallest absolute Gasteiger partial charge is 0.256 e. The van der Waals surface area contributed by atoms with Crippen LogP contribution in [-0.4, -0.2) is 35.6 Å². The van der Waals surface area contributed by atoms with Crippen LogP contribution < -0.4 is 5.32 Å². The highest BCUT2D eigenvalue weighted by Gasteiger charge is 2.53. The number of aliphatic hydroxyl groups is 1. The molecule has 0 atom stereocenters. The molecule has 1 amide bonds. The van der Waals surface area contributed by atoms with Crippen molar-refractivity contribution in [1.82, 2.24) is 5.32 Å². The van der Waals surface area contributed by atoms with Crippen molar-refractivity contribution in [3.8, 4) is 0 Å². The molecule has 128 valence electrons. The molecule has 5 heteroatoms. The minimum Gasteiger partial charge on any atom is -0.509 e. The van der Waals surface area contributed by atoms with Gasteiger partial charge in [-0.2, -0.15) is 0 Å². The van der Waals surface area contributed by atoms with Crippen molar-refractivity contribution in [1.29, 1.82) is 0 Å². The summed E-state index contributed by atoms with van der Waals surface area (Å²) in [6, 6.07) is 5.92. The van der Waals surface area contributed by atoms with Gasteiger partial charge in [-0.05, 0) is 37.8 Å². The van der Waals surface area contributed by atoms with Crippen molar-refractivity contribution in [2.75, 3.05) is 13.2 Å². The molecule has 1 saturated heterocycles. The maximum Gasteiger partial charge on any atom is 0.256 e. The van der Waals surface area contributed by atoms with Crippen molar-refractivity contribution >= 4 is 11.5 Å². The number of aryl methyl sites for hydroxylation is 2. The van der Waals surface area contributed by atoms with Crippen LogP contribution in [0.5, 0.6) is 0 Å². The van der Waals surface area contributed by atoms with Crippen LogP contribution >= 0.6 is 0 Å². The third kappa shape index (κ3) is 2.26. The third-order valence-electron chi connectivity index (χ3n) is 5.60. The lowest BCUT2D eigenvalue weighted by Crippen LogP contribution is -2.51. The lowest BCUT2D eigenvalue weighted by Gasteiger charge is -2.41. The molecule has 5 nitrogen and oxygen atoms in total. The molecule has 24 heavy (non-hydrogen) atoms. The second-order valence-corrected chi connectivity index (χ2v) is 7.19. The molecular formula is C19H23NO4. The minimum atomic E-state index is -0.676. The Morgan fingerprint density at radius 1 is 1.08 bits per heavy atom. The Morgan fingerprint density at radius 2 is 1.75 bits per heavy atom. The van der Waals surface area contributed by atoms with E-state index in [-0.39, 0.29) is 11.7 Å². The largest absolute Gasteiger partial charge is 0.509 e. The Kier molecular flexibility index (Phi) is 3.48. The molecule has 1 aliphatic carbocycles. The first-order chi connectivity index (χ1) is 11.4. The van der Waals surface area contributed by atoms with E-state index in [4.69, 9.17) is 9.47 Å². The molecule has 1 saturated carbocycles. The van der Waals surface area contributed by atoms with Gasteiger partial charge in [-0.15, -0.1) is 0 Å². The van der Waals surface area contributed by atoms with Crippen molar-refractivity contribution < 1.29 is 19.4 Å². The summed E-state index contributed by atoms with van der Waals surface area (Å²) in [7, 11) is 0. The molecule has 2 N–H and O–H groups in total. The Bertz CT molecular complexity index is 721. The average Bonchev–Trinajstić information content (AvgIpc) is 3.09. The van der Waals surface area contributed by atoms with Gasteiger partial charge >= 0.3 is 0 Å². The molecule has 3 aliphatic rings. The maximum absolute atomic E-state index is 12.6. The SMILES string of the molecule is Cc1ccc(C2=C(O)C3(CCC4(CC3)OCCO4)NC2=O)c(C)c1. The van der Waals surface area contributed by atoms with E-state index in [9.17, 15) is 9.90 Å². The zero-order chi connectivity index (χ0) is 16.9. The Hall–Kier alpha value is -1.85. The van der Waals surface area contributed by atoms with Crippen LogP contribution in [0.15, 0.2) is 24.0 Å². The first-order valence-corrected chi connectivity index (χ1v) is 8.57. The summed E-state index contributed by atoms with van der Waals surface area (Å²) in [5.74, 6) is -0.533. The standard InChI is InChI=1S/C19H23NO4/c1-12-3-4-14(13(2)11-12)15-16(21)18(20-17(15)22)5-7-19(8-6-18)23-9-10-24-19/h3-4,11,21H,5-10H2,1-2H3,(H,20,22). The van der Waals surface area contributed by atoms with E-state index in [1.807, 2.05) is 32.0 Å². The second kappa shape index (κ2) is 5.33. The topological polar surface area (TPSA) is 67.8 Å². The number of ether oxygens (including phenoxy) is 2. The molecule has 2 fully saturated rings. The van der Waals surface area contributed by atoms with Gasteiger partial charge in [-0.3, -0.25) is 4.79 Å². The fourth-order valence-electron chi connectivity index (χ4n) is 4.23. The van der Waals surface area contributed by atoms with E-state index in [0.29, 0.717) is 44.5 Å². The number of benzene rings is 1. The summed E-state index contributed by atoms with van der Waals surface area (Å²) < 4.78 is 11.5. The normalized spacial score (nSPS) is 24.8. The predicted octanol–water partition coefficient (Wildman–Crippen LogP) is 2.76. The van der Waals surface area contributed by atoms with E-state index < -0.39 is 11.3 Å². The van der Waals surface area contributed by atoms with Crippen LogP contribution in [-0.2, 0) is 14.3 Å². The second-order valence-electron chi connectivity index (χ2n) is 7.19. The molecule has 1 aromatic rings. The van der Waals surface area contributed by atoms with E-state index in [1.54, 1.807) is 0 Å². The van der Waals surface area contributed by atoms with Crippen LogP contribution in [0.1, 0.15) is 42.4 Å². The maximum atomic E-state index is 12.6. The number of aliphatic hydroxyl groups excluding tert-OH is 1. The monoisotopic (exact) mass is 329 g/mol. The minimum absolute atomic E-state index is 0.173. The first kappa shape index (κ1) is 15.7. The van der Waals surface area contributed by atoms with E-state index in [2.05, 4.69) is 5.32 Å². The van der Waals surface area contributed by atoms with Crippen molar-refractivity contribution in [3.63, 3.8) is 0 Å². The fourth-order valence-corrected chi connectivity index (χ4v) is 4.23. The zero-order valence-electron chi connectivity index (χ0n) is 14.1. The molecule has 0 unspecified atom stereocenters. The van der Waals surface area contributed by atoms with E-state index >= 15 is 0 Å². The lowest BCUT2D eigenvalue weighted by atomic mass is 9.77. The summed E-state index contributed by atoms with van der Waals surface area (Å²) >= 11 is 0. The number of carbonyl (C=O) groups is 1. The summed E-state index contributed by atoms with van der Waals surface area (Å²) in [6.45, 7) is 5.23. The van der Waals surface area contributed by atoms with Gasteiger partial charge in [0.05, 0.1) is 24.3 Å². The van der Waals surface area contributed by atoms with Crippen LogP contribution in [0.2, 0.25) is 0 Å². The van der Waals surface area contributed by atoms with Gasteiger partial charge in [0.25, 0.3) is 5.91 Å². The highest BCUT2D eigenvalue weighted by Crippen LogP contribution is 2.46. The predicted molar refractivity (Wildman–Crippen MR) is 89.4 cm³/mol. The number of nitrogens with one attached hydrogen (secondary N) is 1. The molecule has 0 bridgehead atoms. The average molecular weight is 329 g/mol. The van der Waals surface area contributed by atoms with Gasteiger partial charge in [0.2, 0.25) is 0 Å². The Balaban J connectivity index is 1.67. The van der Waals surface area contributed by atoms with Gasteiger partial charge in [0.1, 0.15) is 5.76 Å². The molecule has 4 rings (SSSR count). The number of hydrogen-bond donors (Lipinski definition) is 2. The Labute approximate surface area is 141 Å². The molecular weight excluding hydrogens is 306 g/mol. The molecule has 2 heterocycles. The number of rotatable bonds is 1. The molecule has 2 aliphatic heterocycles. The van der Waals surface area contributed by atoms with E-state index in [0.717, 1.165) is 16.7 Å². The summed E-state index contributed by atoms with van der Waals surface area (Å²) in [6.07, 6.45) is 2.60. The van der Waals surface area contributed by atoms with Gasteiger partial charge in [-0.1, -0.05) is 23.8 Å². The Morgan fingerprint density at radius 3 is 2.38 bits per heavy atom. The molecule has 2 spiro atoms. The third-order valence-corrected chi connectivity index (χ3v) is 5.60. The number of amides is 1. The van der Waals surface area contributed by atoms with E-state index in [1.165, 1.54) is 0 Å². The first-order valence-electron chi connectivity index (χ1n) is 8.57. The summed E-state index contributed by atoms with van der Waals surface area (Å²) in [5.41, 5.74) is 2.68.